The van der Waals surface area contributed by atoms with Crippen molar-refractivity contribution in [3.63, 3.8) is 0 Å². The Morgan fingerprint density at radius 3 is 1.29 bits per heavy atom. The van der Waals surface area contributed by atoms with Crippen molar-refractivity contribution in [1.82, 2.24) is 10.6 Å². The maximum atomic E-state index is 10.1. The average Bonchev–Trinajstić information content (AvgIpc) is 2.19. The second kappa shape index (κ2) is 11.5. The first kappa shape index (κ1) is 15.0. The minimum atomic E-state index is -0.373. The van der Waals surface area contributed by atoms with Gasteiger partial charge in [0, 0.05) is 14.1 Å². The van der Waals surface area contributed by atoms with Gasteiger partial charge in [0.2, 0.25) is 0 Å². The van der Waals surface area contributed by atoms with Crippen molar-refractivity contribution in [2.24, 2.45) is 0 Å². The largest absolute Gasteiger partial charge is 0.450 e. The van der Waals surface area contributed by atoms with Crippen LogP contribution >= 0.6 is 0 Å². The lowest BCUT2D eigenvalue weighted by Gasteiger charge is -1.95. The lowest BCUT2D eigenvalue weighted by molar-refractivity contribution is 0.153. The molecule has 0 aromatic heterocycles. The van der Waals surface area contributed by atoms with Gasteiger partial charge in [0.15, 0.2) is 0 Å². The third-order valence-corrected chi connectivity index (χ3v) is 0.959. The molecule has 0 fully saturated rings. The highest BCUT2D eigenvalue weighted by Gasteiger charge is 1.89. The quantitative estimate of drug-likeness (QED) is 0.698. The summed E-state index contributed by atoms with van der Waals surface area (Å²) in [5.41, 5.74) is 0. The lowest BCUT2D eigenvalue weighted by atomic mass is 10.9. The number of hydrogen-bond acceptors (Lipinski definition) is 4. The highest BCUT2D eigenvalue weighted by molar-refractivity contribution is 5.66. The summed E-state index contributed by atoms with van der Waals surface area (Å²) in [5, 5.41) is 4.61. The van der Waals surface area contributed by atoms with Gasteiger partial charge in [-0.15, -0.1) is 0 Å². The number of ether oxygens (including phenoxy) is 2. The van der Waals surface area contributed by atoms with E-state index in [0.717, 1.165) is 0 Å². The molecule has 6 nitrogen and oxygen atoms in total. The van der Waals surface area contributed by atoms with Gasteiger partial charge in [0.25, 0.3) is 0 Å². The van der Waals surface area contributed by atoms with Crippen LogP contribution in [0, 0.1) is 0 Å². The van der Waals surface area contributed by atoms with Gasteiger partial charge in [-0.05, 0) is 13.8 Å². The minimum Gasteiger partial charge on any atom is -0.450 e. The van der Waals surface area contributed by atoms with Crippen LogP contribution in [0.15, 0.2) is 0 Å². The fourth-order valence-corrected chi connectivity index (χ4v) is 0.407. The van der Waals surface area contributed by atoms with Gasteiger partial charge >= 0.3 is 12.2 Å². The van der Waals surface area contributed by atoms with Gasteiger partial charge in [-0.1, -0.05) is 0 Å². The van der Waals surface area contributed by atoms with Gasteiger partial charge in [0.05, 0.1) is 13.2 Å². The summed E-state index contributed by atoms with van der Waals surface area (Å²) in [5.74, 6) is 0. The van der Waals surface area contributed by atoms with Crippen LogP contribution in [-0.2, 0) is 9.47 Å². The summed E-state index contributed by atoms with van der Waals surface area (Å²) in [7, 11) is 3.05. The molecule has 0 bridgehead atoms. The third-order valence-electron chi connectivity index (χ3n) is 0.959. The number of nitrogens with one attached hydrogen (secondary N) is 2. The van der Waals surface area contributed by atoms with E-state index in [-0.39, 0.29) is 12.2 Å². The fraction of sp³-hybridized carbons (Fsp3) is 0.750. The van der Waals surface area contributed by atoms with Crippen LogP contribution in [0.1, 0.15) is 13.8 Å². The molecule has 0 aliphatic carbocycles. The Balaban J connectivity index is 0. The molecule has 0 saturated heterocycles. The molecule has 0 aliphatic rings. The van der Waals surface area contributed by atoms with Crippen molar-refractivity contribution in [3.8, 4) is 0 Å². The smallest absolute Gasteiger partial charge is 0.406 e. The van der Waals surface area contributed by atoms with E-state index in [0.29, 0.717) is 13.2 Å². The zero-order chi connectivity index (χ0) is 11.4. The number of hydrogen-bond donors (Lipinski definition) is 2. The Morgan fingerprint density at radius 2 is 1.21 bits per heavy atom. The third kappa shape index (κ3) is 13.2. The zero-order valence-electron chi connectivity index (χ0n) is 9.05. The maximum absolute atomic E-state index is 10.1. The van der Waals surface area contributed by atoms with Gasteiger partial charge in [-0.25, -0.2) is 9.59 Å². The van der Waals surface area contributed by atoms with Crippen LogP contribution in [0.5, 0.6) is 0 Å². The molecular weight excluding hydrogens is 188 g/mol. The first-order chi connectivity index (χ1) is 6.62. The van der Waals surface area contributed by atoms with Crippen LogP contribution in [-0.4, -0.2) is 39.5 Å². The van der Waals surface area contributed by atoms with E-state index < -0.39 is 0 Å². The summed E-state index contributed by atoms with van der Waals surface area (Å²) >= 11 is 0. The summed E-state index contributed by atoms with van der Waals surface area (Å²) in [4.78, 5) is 20.2. The van der Waals surface area contributed by atoms with E-state index in [2.05, 4.69) is 20.1 Å². The van der Waals surface area contributed by atoms with Crippen molar-refractivity contribution in [3.05, 3.63) is 0 Å². The van der Waals surface area contributed by atoms with E-state index in [1.807, 2.05) is 0 Å². The Morgan fingerprint density at radius 1 is 0.929 bits per heavy atom. The summed E-state index contributed by atoms with van der Waals surface area (Å²) < 4.78 is 8.88. The summed E-state index contributed by atoms with van der Waals surface area (Å²) in [6, 6.07) is 0. The van der Waals surface area contributed by atoms with Crippen molar-refractivity contribution in [2.45, 2.75) is 13.8 Å². The van der Waals surface area contributed by atoms with E-state index in [1.165, 1.54) is 14.1 Å². The molecule has 0 saturated carbocycles. The lowest BCUT2D eigenvalue weighted by Crippen LogP contribution is -2.18. The first-order valence-corrected chi connectivity index (χ1v) is 4.31. The molecule has 6 heteroatoms. The van der Waals surface area contributed by atoms with Crippen molar-refractivity contribution in [2.75, 3.05) is 27.3 Å². The zero-order valence-corrected chi connectivity index (χ0v) is 9.05. The van der Waals surface area contributed by atoms with Gasteiger partial charge in [0.1, 0.15) is 0 Å². The number of carbonyl (C=O) groups excluding carboxylic acids is 2. The Bertz CT molecular complexity index is 143. The molecule has 0 aromatic rings. The molecule has 0 aliphatic heterocycles. The molecule has 14 heavy (non-hydrogen) atoms. The monoisotopic (exact) mass is 206 g/mol. The fourth-order valence-electron chi connectivity index (χ4n) is 0.407. The van der Waals surface area contributed by atoms with Crippen molar-refractivity contribution < 1.29 is 19.1 Å². The van der Waals surface area contributed by atoms with Crippen LogP contribution in [0.4, 0.5) is 9.59 Å². The van der Waals surface area contributed by atoms with Crippen molar-refractivity contribution in [1.29, 1.82) is 0 Å². The molecule has 0 unspecified atom stereocenters. The van der Waals surface area contributed by atoms with Gasteiger partial charge in [-0.3, -0.25) is 0 Å². The van der Waals surface area contributed by atoms with E-state index in [1.54, 1.807) is 13.8 Å². The normalized spacial score (nSPS) is 7.71. The molecule has 0 rings (SSSR count). The second-order valence-electron chi connectivity index (χ2n) is 1.94. The number of rotatable bonds is 2. The van der Waals surface area contributed by atoms with Gasteiger partial charge in [-0.2, -0.15) is 0 Å². The molecule has 0 heterocycles. The van der Waals surface area contributed by atoms with Crippen molar-refractivity contribution >= 4 is 12.2 Å². The van der Waals surface area contributed by atoms with E-state index in [9.17, 15) is 9.59 Å². The molecule has 0 atom stereocenters. The molecule has 2 amide bonds. The molecule has 0 radical (unpaired) electrons. The number of carbonyl (C=O) groups is 2. The van der Waals surface area contributed by atoms with Crippen LogP contribution < -0.4 is 10.6 Å². The summed E-state index contributed by atoms with van der Waals surface area (Å²) in [6.45, 7) is 4.38. The van der Waals surface area contributed by atoms with E-state index in [4.69, 9.17) is 0 Å². The number of alkyl carbamates (subject to hydrolysis) is 2. The number of amides is 2. The predicted molar refractivity (Wildman–Crippen MR) is 52.2 cm³/mol. The second-order valence-corrected chi connectivity index (χ2v) is 1.94. The van der Waals surface area contributed by atoms with E-state index >= 15 is 0 Å². The molecule has 84 valence electrons. The Labute approximate surface area is 83.9 Å². The Hall–Kier alpha value is -1.46. The highest BCUT2D eigenvalue weighted by atomic mass is 16.5. The Kier molecular flexibility index (Phi) is 12.4. The first-order valence-electron chi connectivity index (χ1n) is 4.31. The molecule has 2 N–H and O–H groups in total. The predicted octanol–water partition coefficient (Wildman–Crippen LogP) is 0.725. The molecular formula is C8H18N2O4. The maximum Gasteiger partial charge on any atom is 0.406 e. The van der Waals surface area contributed by atoms with Crippen LogP contribution in [0.25, 0.3) is 0 Å². The van der Waals surface area contributed by atoms with Gasteiger partial charge < -0.3 is 20.1 Å². The minimum absolute atomic E-state index is 0.373. The average molecular weight is 206 g/mol. The SMILES string of the molecule is CCOC(=O)NC.CCOC(=O)NC. The van der Waals surface area contributed by atoms with Crippen LogP contribution in [0.2, 0.25) is 0 Å². The topological polar surface area (TPSA) is 76.7 Å². The van der Waals surface area contributed by atoms with Crippen LogP contribution in [0.3, 0.4) is 0 Å². The summed E-state index contributed by atoms with van der Waals surface area (Å²) in [6.07, 6.45) is -0.745. The standard InChI is InChI=1S/2C4H9NO2/c2*1-3-7-4(6)5-2/h2*3H2,1-2H3,(H,5,6). The highest BCUT2D eigenvalue weighted by Crippen LogP contribution is 1.71. The molecule has 0 aromatic carbocycles. The molecule has 0 spiro atoms.